The lowest BCUT2D eigenvalue weighted by Crippen LogP contribution is -2.43. The highest BCUT2D eigenvalue weighted by atomic mass is 32.2. The third-order valence-electron chi connectivity index (χ3n) is 4.77. The Balaban J connectivity index is 1.85. The van der Waals surface area contributed by atoms with Gasteiger partial charge in [-0.25, -0.2) is 8.42 Å². The molecule has 0 aliphatic carbocycles. The molecule has 2 N–H and O–H groups in total. The molecule has 8 heteroatoms. The van der Waals surface area contributed by atoms with Crippen LogP contribution >= 0.6 is 0 Å². The summed E-state index contributed by atoms with van der Waals surface area (Å²) in [5, 5.41) is 5.19. The van der Waals surface area contributed by atoms with E-state index in [-0.39, 0.29) is 6.04 Å². The van der Waals surface area contributed by atoms with Crippen LogP contribution in [0.5, 0.6) is 0 Å². The van der Waals surface area contributed by atoms with Gasteiger partial charge < -0.3 is 10.6 Å². The van der Waals surface area contributed by atoms with Crippen molar-refractivity contribution in [3.8, 4) is 0 Å². The quantitative estimate of drug-likeness (QED) is 0.683. The van der Waals surface area contributed by atoms with Gasteiger partial charge in [0.25, 0.3) is 0 Å². The molecule has 1 aromatic carbocycles. The van der Waals surface area contributed by atoms with Gasteiger partial charge in [-0.15, -0.1) is 0 Å². The molecule has 1 aliphatic rings. The summed E-state index contributed by atoms with van der Waals surface area (Å²) >= 11 is 0. The first-order valence-electron chi connectivity index (χ1n) is 9.52. The number of piperidine rings is 1. The lowest BCUT2D eigenvalue weighted by molar-refractivity contribution is -0.139. The third kappa shape index (κ3) is 6.04. The van der Waals surface area contributed by atoms with E-state index in [0.717, 1.165) is 31.2 Å². The van der Waals surface area contributed by atoms with Crippen LogP contribution in [0.2, 0.25) is 0 Å². The predicted molar refractivity (Wildman–Crippen MR) is 104 cm³/mol. The Bertz CT molecular complexity index is 741. The second kappa shape index (κ2) is 9.85. The SMILES string of the molecule is CC[C@H](C)NC(=O)C(=O)NCCc1ccc(S(=O)(=O)N2CCCCC2)cc1. The van der Waals surface area contributed by atoms with E-state index in [0.29, 0.717) is 31.0 Å². The van der Waals surface area contributed by atoms with Crippen LogP contribution < -0.4 is 10.6 Å². The Morgan fingerprint density at radius 1 is 1.07 bits per heavy atom. The van der Waals surface area contributed by atoms with Crippen molar-refractivity contribution in [1.29, 1.82) is 0 Å². The van der Waals surface area contributed by atoms with Gasteiger partial charge in [0, 0.05) is 25.7 Å². The standard InChI is InChI=1S/C19H29N3O4S/c1-3-15(2)21-19(24)18(23)20-12-11-16-7-9-17(10-8-16)27(25,26)22-13-5-4-6-14-22/h7-10,15H,3-6,11-14H2,1-2H3,(H,20,23)(H,21,24)/t15-/m0/s1. The van der Waals surface area contributed by atoms with Crippen molar-refractivity contribution in [3.63, 3.8) is 0 Å². The number of rotatable bonds is 7. The summed E-state index contributed by atoms with van der Waals surface area (Å²) in [6.45, 7) is 5.23. The maximum atomic E-state index is 12.6. The molecule has 1 fully saturated rings. The van der Waals surface area contributed by atoms with Gasteiger partial charge in [0.2, 0.25) is 10.0 Å². The minimum atomic E-state index is -3.43. The van der Waals surface area contributed by atoms with Gasteiger partial charge in [-0.2, -0.15) is 4.31 Å². The molecule has 0 aromatic heterocycles. The molecule has 0 saturated carbocycles. The molecular formula is C19H29N3O4S. The molecule has 1 heterocycles. The van der Waals surface area contributed by atoms with Gasteiger partial charge in [0.1, 0.15) is 0 Å². The molecule has 2 amide bonds. The number of hydrogen-bond acceptors (Lipinski definition) is 4. The van der Waals surface area contributed by atoms with E-state index in [1.807, 2.05) is 13.8 Å². The maximum absolute atomic E-state index is 12.6. The van der Waals surface area contributed by atoms with Crippen molar-refractivity contribution in [3.05, 3.63) is 29.8 Å². The van der Waals surface area contributed by atoms with Gasteiger partial charge >= 0.3 is 11.8 Å². The van der Waals surface area contributed by atoms with Gasteiger partial charge in [0.15, 0.2) is 0 Å². The number of benzene rings is 1. The molecule has 0 radical (unpaired) electrons. The number of carbonyl (C=O) groups excluding carboxylic acids is 2. The highest BCUT2D eigenvalue weighted by Crippen LogP contribution is 2.20. The first-order chi connectivity index (χ1) is 12.8. The van der Waals surface area contributed by atoms with E-state index in [2.05, 4.69) is 10.6 Å². The van der Waals surface area contributed by atoms with Crippen molar-refractivity contribution >= 4 is 21.8 Å². The van der Waals surface area contributed by atoms with Gasteiger partial charge in [-0.1, -0.05) is 25.5 Å². The first-order valence-corrected chi connectivity index (χ1v) is 11.0. The van der Waals surface area contributed by atoms with Crippen LogP contribution in [0, 0.1) is 0 Å². The van der Waals surface area contributed by atoms with Crippen LogP contribution in [0.1, 0.15) is 45.1 Å². The lowest BCUT2D eigenvalue weighted by Gasteiger charge is -2.25. The predicted octanol–water partition coefficient (Wildman–Crippen LogP) is 1.43. The largest absolute Gasteiger partial charge is 0.348 e. The summed E-state index contributed by atoms with van der Waals surface area (Å²) in [4.78, 5) is 23.7. The van der Waals surface area contributed by atoms with Gasteiger partial charge in [-0.3, -0.25) is 9.59 Å². The highest BCUT2D eigenvalue weighted by Gasteiger charge is 2.25. The summed E-state index contributed by atoms with van der Waals surface area (Å²) in [5.74, 6) is -1.29. The number of nitrogens with zero attached hydrogens (tertiary/aromatic N) is 1. The average molecular weight is 396 g/mol. The Morgan fingerprint density at radius 2 is 1.70 bits per heavy atom. The van der Waals surface area contributed by atoms with Gasteiger partial charge in [-0.05, 0) is 50.3 Å². The molecule has 0 spiro atoms. The molecular weight excluding hydrogens is 366 g/mol. The van der Waals surface area contributed by atoms with Crippen LogP contribution in [0.4, 0.5) is 0 Å². The molecule has 0 bridgehead atoms. The summed E-state index contributed by atoms with van der Waals surface area (Å²) in [6, 6.07) is 6.68. The van der Waals surface area contributed by atoms with Crippen LogP contribution in [0.15, 0.2) is 29.2 Å². The summed E-state index contributed by atoms with van der Waals surface area (Å²) < 4.78 is 26.8. The van der Waals surface area contributed by atoms with E-state index < -0.39 is 21.8 Å². The van der Waals surface area contributed by atoms with Crippen molar-refractivity contribution in [1.82, 2.24) is 14.9 Å². The van der Waals surface area contributed by atoms with Crippen LogP contribution in [0.25, 0.3) is 0 Å². The fourth-order valence-electron chi connectivity index (χ4n) is 2.87. The fraction of sp³-hybridized carbons (Fsp3) is 0.579. The number of carbonyl (C=O) groups is 2. The lowest BCUT2D eigenvalue weighted by atomic mass is 10.1. The van der Waals surface area contributed by atoms with Gasteiger partial charge in [0.05, 0.1) is 4.90 Å². The molecule has 7 nitrogen and oxygen atoms in total. The monoisotopic (exact) mass is 395 g/mol. The van der Waals surface area contributed by atoms with E-state index in [4.69, 9.17) is 0 Å². The second-order valence-electron chi connectivity index (χ2n) is 6.90. The Hall–Kier alpha value is -1.93. The average Bonchev–Trinajstić information content (AvgIpc) is 2.68. The van der Waals surface area contributed by atoms with Crippen molar-refractivity contribution in [2.75, 3.05) is 19.6 Å². The Morgan fingerprint density at radius 3 is 2.30 bits per heavy atom. The molecule has 27 heavy (non-hydrogen) atoms. The van der Waals surface area contributed by atoms with E-state index >= 15 is 0 Å². The zero-order chi connectivity index (χ0) is 19.9. The van der Waals surface area contributed by atoms with Crippen molar-refractivity contribution in [2.45, 2.75) is 56.9 Å². The van der Waals surface area contributed by atoms with Crippen molar-refractivity contribution in [2.24, 2.45) is 0 Å². The van der Waals surface area contributed by atoms with E-state index in [1.54, 1.807) is 28.6 Å². The topological polar surface area (TPSA) is 95.6 Å². The van der Waals surface area contributed by atoms with Crippen LogP contribution in [-0.2, 0) is 26.0 Å². The molecule has 1 aromatic rings. The number of hydrogen-bond donors (Lipinski definition) is 2. The normalized spacial score (nSPS) is 16.5. The first kappa shape index (κ1) is 21.4. The van der Waals surface area contributed by atoms with E-state index in [1.165, 1.54) is 0 Å². The molecule has 1 atom stereocenters. The Kier molecular flexibility index (Phi) is 7.79. The third-order valence-corrected chi connectivity index (χ3v) is 6.68. The van der Waals surface area contributed by atoms with E-state index in [9.17, 15) is 18.0 Å². The zero-order valence-corrected chi connectivity index (χ0v) is 16.8. The molecule has 0 unspecified atom stereocenters. The van der Waals surface area contributed by atoms with Crippen LogP contribution in [0.3, 0.4) is 0 Å². The Labute approximate surface area is 161 Å². The van der Waals surface area contributed by atoms with Crippen LogP contribution in [-0.4, -0.2) is 50.2 Å². The number of sulfonamides is 1. The minimum Gasteiger partial charge on any atom is -0.348 e. The molecule has 150 valence electrons. The highest BCUT2D eigenvalue weighted by molar-refractivity contribution is 7.89. The second-order valence-corrected chi connectivity index (χ2v) is 8.84. The minimum absolute atomic E-state index is 0.0438. The summed E-state index contributed by atoms with van der Waals surface area (Å²) in [5.41, 5.74) is 0.898. The smallest absolute Gasteiger partial charge is 0.309 e. The van der Waals surface area contributed by atoms with Crippen molar-refractivity contribution < 1.29 is 18.0 Å². The summed E-state index contributed by atoms with van der Waals surface area (Å²) in [6.07, 6.45) is 4.16. The number of nitrogens with one attached hydrogen (secondary N) is 2. The number of amides is 2. The molecule has 1 aliphatic heterocycles. The molecule has 1 saturated heterocycles. The summed E-state index contributed by atoms with van der Waals surface area (Å²) in [7, 11) is -3.43. The molecule has 2 rings (SSSR count). The maximum Gasteiger partial charge on any atom is 0.309 e. The zero-order valence-electron chi connectivity index (χ0n) is 16.0. The fourth-order valence-corrected chi connectivity index (χ4v) is 4.39.